The number of nitrogens with one attached hydrogen (secondary N) is 1. The van der Waals surface area contributed by atoms with Crippen molar-refractivity contribution in [2.24, 2.45) is 30.7 Å². The number of aryl methyl sites for hydroxylation is 1. The Morgan fingerprint density at radius 2 is 2.10 bits per heavy atom. The van der Waals surface area contributed by atoms with Crippen LogP contribution in [0.2, 0.25) is 0 Å². The summed E-state index contributed by atoms with van der Waals surface area (Å²) in [6.07, 6.45) is 9.11. The number of amides is 1. The van der Waals surface area contributed by atoms with Gasteiger partial charge in [-0.3, -0.25) is 14.3 Å². The summed E-state index contributed by atoms with van der Waals surface area (Å²) in [6, 6.07) is 0. The van der Waals surface area contributed by atoms with E-state index in [4.69, 9.17) is 0 Å². The maximum Gasteiger partial charge on any atom is 0.307 e. The van der Waals surface area contributed by atoms with Crippen molar-refractivity contribution in [2.75, 3.05) is 6.54 Å². The summed E-state index contributed by atoms with van der Waals surface area (Å²) in [5, 5.41) is 16.3. The summed E-state index contributed by atoms with van der Waals surface area (Å²) in [5.74, 6) is -1.90. The number of carboxylic acid groups (broad SMARTS) is 1. The van der Waals surface area contributed by atoms with E-state index in [9.17, 15) is 14.7 Å². The molecule has 21 heavy (non-hydrogen) atoms. The molecule has 0 saturated heterocycles. The van der Waals surface area contributed by atoms with E-state index in [2.05, 4.69) is 10.4 Å². The van der Waals surface area contributed by atoms with Gasteiger partial charge in [-0.2, -0.15) is 5.10 Å². The molecule has 2 bridgehead atoms. The highest BCUT2D eigenvalue weighted by molar-refractivity contribution is 5.86. The number of rotatable bonds is 5. The second-order valence-corrected chi connectivity index (χ2v) is 5.90. The van der Waals surface area contributed by atoms with Crippen LogP contribution in [0.1, 0.15) is 12.0 Å². The first kappa shape index (κ1) is 13.9. The van der Waals surface area contributed by atoms with E-state index in [1.807, 2.05) is 25.4 Å². The molecule has 0 spiro atoms. The van der Waals surface area contributed by atoms with E-state index in [-0.39, 0.29) is 17.7 Å². The minimum Gasteiger partial charge on any atom is -0.481 e. The Labute approximate surface area is 122 Å². The number of aromatic nitrogens is 2. The molecule has 2 aliphatic carbocycles. The molecule has 2 unspecified atom stereocenters. The monoisotopic (exact) mass is 289 g/mol. The zero-order chi connectivity index (χ0) is 15.0. The average molecular weight is 289 g/mol. The first-order chi connectivity index (χ1) is 10.1. The largest absolute Gasteiger partial charge is 0.481 e. The Kier molecular flexibility index (Phi) is 3.53. The number of carbonyl (C=O) groups excluding carboxylic acids is 1. The lowest BCUT2D eigenvalue weighted by Crippen LogP contribution is -2.40. The fraction of sp³-hybridized carbons (Fsp3) is 0.533. The van der Waals surface area contributed by atoms with Crippen LogP contribution in [0.4, 0.5) is 0 Å². The summed E-state index contributed by atoms with van der Waals surface area (Å²) in [5.41, 5.74) is 1.06. The molecule has 1 aromatic rings. The number of carboxylic acids is 1. The second kappa shape index (κ2) is 5.35. The minimum atomic E-state index is -0.862. The van der Waals surface area contributed by atoms with Crippen LogP contribution in [0.25, 0.3) is 0 Å². The SMILES string of the molecule is Cn1cc(CCNC(=O)[C@H]2C3C=CC(C3)[C@H]2C(=O)O)cn1. The van der Waals surface area contributed by atoms with E-state index >= 15 is 0 Å². The Hall–Kier alpha value is -2.11. The van der Waals surface area contributed by atoms with E-state index < -0.39 is 17.8 Å². The van der Waals surface area contributed by atoms with Gasteiger partial charge in [0.15, 0.2) is 0 Å². The number of hydrogen-bond acceptors (Lipinski definition) is 3. The highest BCUT2D eigenvalue weighted by Crippen LogP contribution is 2.48. The van der Waals surface area contributed by atoms with Gasteiger partial charge in [0.05, 0.1) is 18.0 Å². The normalized spacial score (nSPS) is 29.8. The fourth-order valence-corrected chi connectivity index (χ4v) is 3.57. The summed E-state index contributed by atoms with van der Waals surface area (Å²) in [6.45, 7) is 0.508. The van der Waals surface area contributed by atoms with Crippen molar-refractivity contribution in [1.29, 1.82) is 0 Å². The lowest BCUT2D eigenvalue weighted by molar-refractivity contribution is -0.147. The Morgan fingerprint density at radius 1 is 1.38 bits per heavy atom. The van der Waals surface area contributed by atoms with Crippen molar-refractivity contribution in [3.05, 3.63) is 30.1 Å². The van der Waals surface area contributed by atoms with Crippen molar-refractivity contribution in [3.63, 3.8) is 0 Å². The summed E-state index contributed by atoms with van der Waals surface area (Å²) in [7, 11) is 1.85. The lowest BCUT2D eigenvalue weighted by Gasteiger charge is -2.23. The topological polar surface area (TPSA) is 84.2 Å². The lowest BCUT2D eigenvalue weighted by atomic mass is 9.82. The van der Waals surface area contributed by atoms with E-state index in [1.165, 1.54) is 0 Å². The van der Waals surface area contributed by atoms with Crippen molar-refractivity contribution < 1.29 is 14.7 Å². The van der Waals surface area contributed by atoms with Crippen LogP contribution >= 0.6 is 0 Å². The molecule has 6 heteroatoms. The van der Waals surface area contributed by atoms with Gasteiger partial charge in [-0.1, -0.05) is 12.2 Å². The molecule has 3 rings (SSSR count). The van der Waals surface area contributed by atoms with Crippen molar-refractivity contribution in [2.45, 2.75) is 12.8 Å². The predicted octanol–water partition coefficient (Wildman–Crippen LogP) is 0.602. The van der Waals surface area contributed by atoms with E-state index in [0.29, 0.717) is 13.0 Å². The van der Waals surface area contributed by atoms with Gasteiger partial charge in [0.25, 0.3) is 0 Å². The number of fused-ring (bicyclic) bond motifs is 2. The molecular formula is C15H19N3O3. The maximum absolute atomic E-state index is 12.3. The van der Waals surface area contributed by atoms with Crippen molar-refractivity contribution in [3.8, 4) is 0 Å². The molecule has 0 aliphatic heterocycles. The Bertz CT molecular complexity index is 593. The van der Waals surface area contributed by atoms with Crippen LogP contribution in [0.5, 0.6) is 0 Å². The highest BCUT2D eigenvalue weighted by Gasteiger charge is 2.51. The van der Waals surface area contributed by atoms with Gasteiger partial charge >= 0.3 is 5.97 Å². The quantitative estimate of drug-likeness (QED) is 0.778. The van der Waals surface area contributed by atoms with Gasteiger partial charge in [-0.25, -0.2) is 0 Å². The summed E-state index contributed by atoms with van der Waals surface area (Å²) < 4.78 is 1.72. The third-order valence-corrected chi connectivity index (χ3v) is 4.52. The van der Waals surface area contributed by atoms with Gasteiger partial charge in [-0.15, -0.1) is 0 Å². The van der Waals surface area contributed by atoms with E-state index in [1.54, 1.807) is 10.9 Å². The van der Waals surface area contributed by atoms with Crippen LogP contribution < -0.4 is 5.32 Å². The zero-order valence-electron chi connectivity index (χ0n) is 11.9. The average Bonchev–Trinajstić information content (AvgIpc) is 3.13. The molecule has 1 saturated carbocycles. The molecule has 1 amide bonds. The molecule has 1 aromatic heterocycles. The van der Waals surface area contributed by atoms with Crippen molar-refractivity contribution >= 4 is 11.9 Å². The fourth-order valence-electron chi connectivity index (χ4n) is 3.57. The second-order valence-electron chi connectivity index (χ2n) is 5.90. The molecule has 2 aliphatic rings. The highest BCUT2D eigenvalue weighted by atomic mass is 16.4. The molecule has 4 atom stereocenters. The molecule has 6 nitrogen and oxygen atoms in total. The molecule has 2 N–H and O–H groups in total. The van der Waals surface area contributed by atoms with Crippen molar-refractivity contribution in [1.82, 2.24) is 15.1 Å². The van der Waals surface area contributed by atoms with Crippen LogP contribution in [0.3, 0.4) is 0 Å². The summed E-state index contributed by atoms with van der Waals surface area (Å²) in [4.78, 5) is 23.7. The molecule has 0 aromatic carbocycles. The number of hydrogen-bond donors (Lipinski definition) is 2. The number of carbonyl (C=O) groups is 2. The van der Waals surface area contributed by atoms with Gasteiger partial charge in [0.1, 0.15) is 0 Å². The first-order valence-corrected chi connectivity index (χ1v) is 7.22. The summed E-state index contributed by atoms with van der Waals surface area (Å²) >= 11 is 0. The molecule has 112 valence electrons. The first-order valence-electron chi connectivity index (χ1n) is 7.22. The standard InChI is InChI=1S/C15H19N3O3/c1-18-8-9(7-17-18)4-5-16-14(19)12-10-2-3-11(6-10)13(12)15(20)21/h2-3,7-8,10-13H,4-6H2,1H3,(H,16,19)(H,20,21)/t10?,11?,12-,13+/m0/s1. The van der Waals surface area contributed by atoms with Crippen LogP contribution in [-0.4, -0.2) is 33.3 Å². The van der Waals surface area contributed by atoms with Crippen LogP contribution in [0.15, 0.2) is 24.5 Å². The van der Waals surface area contributed by atoms with Crippen LogP contribution in [0, 0.1) is 23.7 Å². The van der Waals surface area contributed by atoms with E-state index in [0.717, 1.165) is 12.0 Å². The van der Waals surface area contributed by atoms with Gasteiger partial charge in [-0.05, 0) is 30.2 Å². The van der Waals surface area contributed by atoms with Gasteiger partial charge in [0, 0.05) is 19.8 Å². The molecule has 1 heterocycles. The Morgan fingerprint density at radius 3 is 2.71 bits per heavy atom. The third-order valence-electron chi connectivity index (χ3n) is 4.52. The Balaban J connectivity index is 1.57. The molecular weight excluding hydrogens is 270 g/mol. The third kappa shape index (κ3) is 2.57. The number of nitrogens with zero attached hydrogens (tertiary/aromatic N) is 2. The molecule has 0 radical (unpaired) electrons. The minimum absolute atomic E-state index is 0.0153. The number of aliphatic carboxylic acids is 1. The predicted molar refractivity (Wildman–Crippen MR) is 75.3 cm³/mol. The molecule has 1 fully saturated rings. The van der Waals surface area contributed by atoms with Gasteiger partial charge < -0.3 is 10.4 Å². The number of allylic oxidation sites excluding steroid dienone is 2. The maximum atomic E-state index is 12.3. The van der Waals surface area contributed by atoms with Crippen LogP contribution in [-0.2, 0) is 23.1 Å². The smallest absolute Gasteiger partial charge is 0.307 e. The van der Waals surface area contributed by atoms with Gasteiger partial charge in [0.2, 0.25) is 5.91 Å². The zero-order valence-corrected chi connectivity index (χ0v) is 11.9.